The van der Waals surface area contributed by atoms with Gasteiger partial charge in [0.15, 0.2) is 6.10 Å². The van der Waals surface area contributed by atoms with Crippen LogP contribution in [0.1, 0.15) is 33.6 Å². The zero-order valence-corrected chi connectivity index (χ0v) is 13.2. The molecule has 0 aliphatic carbocycles. The van der Waals surface area contributed by atoms with Crippen molar-refractivity contribution >= 4 is 29.5 Å². The van der Waals surface area contributed by atoms with Crippen molar-refractivity contribution in [3.05, 3.63) is 0 Å². The van der Waals surface area contributed by atoms with Gasteiger partial charge in [-0.3, -0.25) is 19.2 Å². The molecule has 0 bridgehead atoms. The first-order valence-corrected chi connectivity index (χ1v) is 6.80. The highest BCUT2D eigenvalue weighted by Crippen LogP contribution is 2.02. The van der Waals surface area contributed by atoms with E-state index in [9.17, 15) is 24.0 Å². The Hall–Kier alpha value is -2.29. The Bertz CT molecular complexity index is 467. The lowest BCUT2D eigenvalue weighted by molar-refractivity contribution is -0.170. The normalized spacial score (nSPS) is 12.7. The number of ketones is 2. The van der Waals surface area contributed by atoms with Crippen molar-refractivity contribution < 1.29 is 43.3 Å². The summed E-state index contributed by atoms with van der Waals surface area (Å²) in [5.74, 6) is -3.48. The van der Waals surface area contributed by atoms with Gasteiger partial charge in [0.05, 0.1) is 0 Å². The molecule has 9 nitrogen and oxygen atoms in total. The zero-order chi connectivity index (χ0) is 18.0. The van der Waals surface area contributed by atoms with Gasteiger partial charge >= 0.3 is 17.9 Å². The van der Waals surface area contributed by atoms with E-state index in [1.165, 1.54) is 20.8 Å². The zero-order valence-electron chi connectivity index (χ0n) is 13.2. The van der Waals surface area contributed by atoms with Gasteiger partial charge in [0.2, 0.25) is 0 Å². The van der Waals surface area contributed by atoms with E-state index in [1.54, 1.807) is 0 Å². The average Bonchev–Trinajstić information content (AvgIpc) is 2.39. The Morgan fingerprint density at radius 2 is 1.35 bits per heavy atom. The molecule has 0 aliphatic rings. The molecule has 0 aromatic heterocycles. The minimum Gasteiger partial charge on any atom is -0.461 e. The fourth-order valence-electron chi connectivity index (χ4n) is 1.28. The number of esters is 3. The molecular weight excluding hydrogens is 312 g/mol. The topological polar surface area (TPSA) is 133 Å². The van der Waals surface area contributed by atoms with Gasteiger partial charge in [-0.15, -0.1) is 0 Å². The van der Waals surface area contributed by atoms with Gasteiger partial charge in [-0.05, 0) is 20.8 Å². The third-order valence-electron chi connectivity index (χ3n) is 2.27. The third-order valence-corrected chi connectivity index (χ3v) is 2.27. The summed E-state index contributed by atoms with van der Waals surface area (Å²) in [7, 11) is 0. The second-order valence-electron chi connectivity index (χ2n) is 4.86. The molecule has 1 unspecified atom stereocenters. The lowest BCUT2D eigenvalue weighted by Crippen LogP contribution is -2.33. The first-order valence-electron chi connectivity index (χ1n) is 6.80. The van der Waals surface area contributed by atoms with Crippen LogP contribution in [-0.4, -0.2) is 60.0 Å². The number of aliphatic hydroxyl groups is 1. The molecule has 0 aliphatic heterocycles. The van der Waals surface area contributed by atoms with Crippen LogP contribution in [0.3, 0.4) is 0 Å². The highest BCUT2D eigenvalue weighted by molar-refractivity contribution is 5.94. The van der Waals surface area contributed by atoms with Crippen molar-refractivity contribution in [2.45, 2.75) is 45.8 Å². The summed E-state index contributed by atoms with van der Waals surface area (Å²) in [6.07, 6.45) is -3.45. The SMILES string of the molecule is CC(=O)CC(=O)OCC(COC(=O)[C@H](C)O)OC(=O)CC(C)=O. The first kappa shape index (κ1) is 20.7. The Balaban J connectivity index is 4.56. The molecule has 9 heteroatoms. The van der Waals surface area contributed by atoms with Gasteiger partial charge in [-0.1, -0.05) is 0 Å². The lowest BCUT2D eigenvalue weighted by atomic mass is 10.3. The summed E-state index contributed by atoms with van der Waals surface area (Å²) in [5, 5.41) is 9.00. The van der Waals surface area contributed by atoms with Crippen LogP contribution in [0.15, 0.2) is 0 Å². The van der Waals surface area contributed by atoms with E-state index in [-0.39, 0.29) is 0 Å². The van der Waals surface area contributed by atoms with Crippen molar-refractivity contribution in [3.63, 3.8) is 0 Å². The molecule has 0 aromatic carbocycles. The minimum atomic E-state index is -1.37. The minimum absolute atomic E-state index is 0.402. The summed E-state index contributed by atoms with van der Waals surface area (Å²) in [5.41, 5.74) is 0. The maximum atomic E-state index is 11.4. The molecule has 23 heavy (non-hydrogen) atoms. The fourth-order valence-corrected chi connectivity index (χ4v) is 1.28. The monoisotopic (exact) mass is 332 g/mol. The third kappa shape index (κ3) is 11.0. The number of hydrogen-bond acceptors (Lipinski definition) is 9. The van der Waals surface area contributed by atoms with Crippen LogP contribution in [0, 0.1) is 0 Å². The number of aliphatic hydroxyl groups excluding tert-OH is 1. The molecule has 1 N–H and O–H groups in total. The van der Waals surface area contributed by atoms with Crippen molar-refractivity contribution in [2.24, 2.45) is 0 Å². The van der Waals surface area contributed by atoms with Gasteiger partial charge in [0.25, 0.3) is 0 Å². The first-order chi connectivity index (χ1) is 10.6. The van der Waals surface area contributed by atoms with Crippen molar-refractivity contribution in [2.75, 3.05) is 13.2 Å². The highest BCUT2D eigenvalue weighted by atomic mass is 16.6. The number of Topliss-reactive ketones (excluding diaryl/α,β-unsaturated/α-hetero) is 2. The van der Waals surface area contributed by atoms with Crippen LogP contribution in [0.4, 0.5) is 0 Å². The summed E-state index contributed by atoms with van der Waals surface area (Å²) in [6.45, 7) is 2.65. The Labute approximate surface area is 132 Å². The molecule has 0 aromatic rings. The van der Waals surface area contributed by atoms with Crippen molar-refractivity contribution in [1.29, 1.82) is 0 Å². The molecule has 2 atom stereocenters. The summed E-state index contributed by atoms with van der Waals surface area (Å²) in [6, 6.07) is 0. The van der Waals surface area contributed by atoms with E-state index < -0.39 is 67.7 Å². The van der Waals surface area contributed by atoms with Gasteiger partial charge in [-0.2, -0.15) is 0 Å². The average molecular weight is 332 g/mol. The Morgan fingerprint density at radius 3 is 1.83 bits per heavy atom. The van der Waals surface area contributed by atoms with Gasteiger partial charge in [0.1, 0.15) is 43.7 Å². The number of carbonyl (C=O) groups is 5. The predicted molar refractivity (Wildman–Crippen MR) is 74.1 cm³/mol. The van der Waals surface area contributed by atoms with Gasteiger partial charge in [-0.25, -0.2) is 4.79 Å². The van der Waals surface area contributed by atoms with Crippen LogP contribution in [-0.2, 0) is 38.2 Å². The van der Waals surface area contributed by atoms with E-state index in [0.29, 0.717) is 0 Å². The Morgan fingerprint density at radius 1 is 0.870 bits per heavy atom. The maximum Gasteiger partial charge on any atom is 0.334 e. The van der Waals surface area contributed by atoms with Crippen LogP contribution in [0.2, 0.25) is 0 Å². The second kappa shape index (κ2) is 10.4. The Kier molecular flexibility index (Phi) is 9.40. The molecule has 0 saturated carbocycles. The van der Waals surface area contributed by atoms with E-state index in [2.05, 4.69) is 4.74 Å². The summed E-state index contributed by atoms with van der Waals surface area (Å²) >= 11 is 0. The van der Waals surface area contributed by atoms with Crippen LogP contribution in [0.25, 0.3) is 0 Å². The largest absolute Gasteiger partial charge is 0.461 e. The smallest absolute Gasteiger partial charge is 0.334 e. The molecule has 0 heterocycles. The number of ether oxygens (including phenoxy) is 3. The summed E-state index contributed by atoms with van der Waals surface area (Å²) < 4.78 is 14.3. The predicted octanol–water partition coefficient (Wildman–Crippen LogP) is -0.676. The van der Waals surface area contributed by atoms with E-state index in [1.807, 2.05) is 0 Å². The van der Waals surface area contributed by atoms with E-state index in [0.717, 1.165) is 0 Å². The number of carbonyl (C=O) groups excluding carboxylic acids is 5. The highest BCUT2D eigenvalue weighted by Gasteiger charge is 2.21. The van der Waals surface area contributed by atoms with Crippen LogP contribution >= 0.6 is 0 Å². The molecule has 0 saturated heterocycles. The lowest BCUT2D eigenvalue weighted by Gasteiger charge is -2.18. The molecule has 0 amide bonds. The van der Waals surface area contributed by atoms with Crippen LogP contribution in [0.5, 0.6) is 0 Å². The number of rotatable bonds is 10. The van der Waals surface area contributed by atoms with E-state index in [4.69, 9.17) is 14.6 Å². The molecular formula is C14H20O9. The maximum absolute atomic E-state index is 11.4. The number of hydrogen-bond donors (Lipinski definition) is 1. The van der Waals surface area contributed by atoms with Crippen LogP contribution < -0.4 is 0 Å². The van der Waals surface area contributed by atoms with Crippen molar-refractivity contribution in [1.82, 2.24) is 0 Å². The quantitative estimate of drug-likeness (QED) is 0.314. The second-order valence-corrected chi connectivity index (χ2v) is 4.86. The standard InChI is InChI=1S/C14H20O9/c1-8(15)4-12(18)21-6-11(7-22-14(20)10(3)17)23-13(19)5-9(2)16/h10-11,17H,4-7H2,1-3H3/t10-,11?/m0/s1. The molecule has 0 rings (SSSR count). The van der Waals surface area contributed by atoms with Crippen molar-refractivity contribution in [3.8, 4) is 0 Å². The van der Waals surface area contributed by atoms with Gasteiger partial charge < -0.3 is 19.3 Å². The molecule has 0 radical (unpaired) electrons. The fraction of sp³-hybridized carbons (Fsp3) is 0.643. The summed E-state index contributed by atoms with van der Waals surface area (Å²) in [4.78, 5) is 55.5. The molecule has 130 valence electrons. The molecule has 0 fully saturated rings. The van der Waals surface area contributed by atoms with E-state index >= 15 is 0 Å². The van der Waals surface area contributed by atoms with Gasteiger partial charge in [0, 0.05) is 0 Å². The molecule has 0 spiro atoms.